The van der Waals surface area contributed by atoms with Crippen LogP contribution in [-0.2, 0) is 13.2 Å². The molecule has 0 bridgehead atoms. The Hall–Kier alpha value is -2.99. The van der Waals surface area contributed by atoms with Gasteiger partial charge in [-0.1, -0.05) is 53.7 Å². The zero-order valence-corrected chi connectivity index (χ0v) is 15.7. The molecule has 1 N–H and O–H groups in total. The molecule has 28 heavy (non-hydrogen) atoms. The average Bonchev–Trinajstić information content (AvgIpc) is 3.22. The standard InChI is InChI=1S/C22H24N4O2/c27-16-19-15-26(24-23-19)14-17-10-12-25(13-11-17)22(28)21-9-5-4-8-20(21)18-6-2-1-3-7-18/h1-9,15,17,27H,10-14,16H2. The first-order valence-electron chi connectivity index (χ1n) is 9.68. The molecule has 4 rings (SSSR count). The first-order chi connectivity index (χ1) is 13.7. The van der Waals surface area contributed by atoms with E-state index in [0.29, 0.717) is 11.6 Å². The van der Waals surface area contributed by atoms with Crippen LogP contribution in [0.4, 0.5) is 0 Å². The van der Waals surface area contributed by atoms with Crippen molar-refractivity contribution in [3.05, 3.63) is 72.1 Å². The summed E-state index contributed by atoms with van der Waals surface area (Å²) in [6.07, 6.45) is 3.66. The molecule has 1 aliphatic rings. The third kappa shape index (κ3) is 3.97. The molecular weight excluding hydrogens is 352 g/mol. The van der Waals surface area contributed by atoms with E-state index in [4.69, 9.17) is 5.11 Å². The van der Waals surface area contributed by atoms with E-state index in [9.17, 15) is 4.79 Å². The van der Waals surface area contributed by atoms with Gasteiger partial charge in [0.1, 0.15) is 5.69 Å². The van der Waals surface area contributed by atoms with Gasteiger partial charge in [0.25, 0.3) is 5.91 Å². The van der Waals surface area contributed by atoms with Gasteiger partial charge in [-0.25, -0.2) is 0 Å². The van der Waals surface area contributed by atoms with Crippen LogP contribution in [0.15, 0.2) is 60.8 Å². The fraction of sp³-hybridized carbons (Fsp3) is 0.318. The fourth-order valence-corrected chi connectivity index (χ4v) is 3.79. The molecule has 1 fully saturated rings. The Kier molecular flexibility index (Phi) is 5.48. The van der Waals surface area contributed by atoms with E-state index in [0.717, 1.165) is 49.2 Å². The summed E-state index contributed by atoms with van der Waals surface area (Å²) in [5.41, 5.74) is 3.39. The van der Waals surface area contributed by atoms with Gasteiger partial charge in [-0.3, -0.25) is 9.48 Å². The highest BCUT2D eigenvalue weighted by Crippen LogP contribution is 2.27. The number of likely N-dealkylation sites (tertiary alicyclic amines) is 1. The van der Waals surface area contributed by atoms with E-state index in [-0.39, 0.29) is 12.5 Å². The SMILES string of the molecule is O=C(c1ccccc1-c1ccccc1)N1CCC(Cn2cc(CO)nn2)CC1. The van der Waals surface area contributed by atoms with Crippen LogP contribution in [-0.4, -0.2) is 44.0 Å². The lowest BCUT2D eigenvalue weighted by atomic mass is 9.94. The maximum absolute atomic E-state index is 13.2. The molecule has 2 heterocycles. The predicted octanol–water partition coefficient (Wildman–Crippen LogP) is 2.99. The minimum atomic E-state index is -0.0895. The van der Waals surface area contributed by atoms with Crippen LogP contribution in [0.5, 0.6) is 0 Å². The van der Waals surface area contributed by atoms with Gasteiger partial charge in [0, 0.05) is 25.2 Å². The van der Waals surface area contributed by atoms with E-state index in [1.807, 2.05) is 59.5 Å². The number of benzene rings is 2. The summed E-state index contributed by atoms with van der Waals surface area (Å²) >= 11 is 0. The van der Waals surface area contributed by atoms with Crippen molar-refractivity contribution < 1.29 is 9.90 Å². The van der Waals surface area contributed by atoms with Gasteiger partial charge in [0.15, 0.2) is 0 Å². The van der Waals surface area contributed by atoms with Crippen LogP contribution in [0.1, 0.15) is 28.9 Å². The van der Waals surface area contributed by atoms with Crippen molar-refractivity contribution in [1.82, 2.24) is 19.9 Å². The Morgan fingerprint density at radius 1 is 1.04 bits per heavy atom. The van der Waals surface area contributed by atoms with Gasteiger partial charge in [0.2, 0.25) is 0 Å². The van der Waals surface area contributed by atoms with Gasteiger partial charge in [-0.05, 0) is 36.0 Å². The lowest BCUT2D eigenvalue weighted by Gasteiger charge is -2.32. The van der Waals surface area contributed by atoms with Crippen LogP contribution >= 0.6 is 0 Å². The molecule has 1 aliphatic heterocycles. The second-order valence-electron chi connectivity index (χ2n) is 7.24. The van der Waals surface area contributed by atoms with Crippen molar-refractivity contribution in [3.8, 4) is 11.1 Å². The molecule has 0 spiro atoms. The molecule has 0 unspecified atom stereocenters. The van der Waals surface area contributed by atoms with Gasteiger partial charge in [-0.15, -0.1) is 5.10 Å². The summed E-state index contributed by atoms with van der Waals surface area (Å²) < 4.78 is 1.79. The normalized spacial score (nSPS) is 15.0. The topological polar surface area (TPSA) is 71.2 Å². The van der Waals surface area contributed by atoms with Crippen LogP contribution in [0, 0.1) is 5.92 Å². The van der Waals surface area contributed by atoms with Crippen LogP contribution < -0.4 is 0 Å². The molecule has 0 saturated carbocycles. The van der Waals surface area contributed by atoms with E-state index in [1.165, 1.54) is 0 Å². The predicted molar refractivity (Wildman–Crippen MR) is 106 cm³/mol. The van der Waals surface area contributed by atoms with E-state index in [2.05, 4.69) is 10.3 Å². The Labute approximate surface area is 164 Å². The van der Waals surface area contributed by atoms with Crippen molar-refractivity contribution in [2.24, 2.45) is 5.92 Å². The Morgan fingerprint density at radius 3 is 2.46 bits per heavy atom. The molecule has 144 valence electrons. The van der Waals surface area contributed by atoms with Crippen LogP contribution in [0.2, 0.25) is 0 Å². The molecule has 6 nitrogen and oxygen atoms in total. The number of aliphatic hydroxyl groups excluding tert-OH is 1. The monoisotopic (exact) mass is 376 g/mol. The molecular formula is C22H24N4O2. The Balaban J connectivity index is 1.42. The highest BCUT2D eigenvalue weighted by Gasteiger charge is 2.25. The van der Waals surface area contributed by atoms with Gasteiger partial charge in [-0.2, -0.15) is 0 Å². The van der Waals surface area contributed by atoms with E-state index >= 15 is 0 Å². The van der Waals surface area contributed by atoms with E-state index < -0.39 is 0 Å². The third-order valence-corrected chi connectivity index (χ3v) is 5.34. The minimum Gasteiger partial charge on any atom is -0.390 e. The second kappa shape index (κ2) is 8.35. The first kappa shape index (κ1) is 18.4. The summed E-state index contributed by atoms with van der Waals surface area (Å²) in [6.45, 7) is 2.17. The number of carbonyl (C=O) groups excluding carboxylic acids is 1. The molecule has 1 aromatic heterocycles. The molecule has 6 heteroatoms. The van der Waals surface area contributed by atoms with Crippen molar-refractivity contribution in [2.45, 2.75) is 26.0 Å². The van der Waals surface area contributed by atoms with Crippen LogP contribution in [0.25, 0.3) is 11.1 Å². The van der Waals surface area contributed by atoms with Crippen molar-refractivity contribution in [1.29, 1.82) is 0 Å². The number of rotatable bonds is 5. The number of hydrogen-bond acceptors (Lipinski definition) is 4. The summed E-state index contributed by atoms with van der Waals surface area (Å²) in [4.78, 5) is 15.1. The largest absolute Gasteiger partial charge is 0.390 e. The highest BCUT2D eigenvalue weighted by molar-refractivity contribution is 6.00. The van der Waals surface area contributed by atoms with Gasteiger partial charge >= 0.3 is 0 Å². The zero-order chi connectivity index (χ0) is 19.3. The number of amides is 1. The van der Waals surface area contributed by atoms with Gasteiger partial charge in [0.05, 0.1) is 12.8 Å². The molecule has 1 amide bonds. The van der Waals surface area contributed by atoms with Gasteiger partial charge < -0.3 is 10.0 Å². The number of aliphatic hydroxyl groups is 1. The van der Waals surface area contributed by atoms with Crippen molar-refractivity contribution >= 4 is 5.91 Å². The lowest BCUT2D eigenvalue weighted by molar-refractivity contribution is 0.0681. The van der Waals surface area contributed by atoms with Crippen LogP contribution in [0.3, 0.4) is 0 Å². The Morgan fingerprint density at radius 2 is 1.75 bits per heavy atom. The first-order valence-corrected chi connectivity index (χ1v) is 9.68. The number of piperidine rings is 1. The van der Waals surface area contributed by atoms with Crippen molar-refractivity contribution in [2.75, 3.05) is 13.1 Å². The molecule has 0 radical (unpaired) electrons. The molecule has 3 aromatic rings. The minimum absolute atomic E-state index is 0.0895. The highest BCUT2D eigenvalue weighted by atomic mass is 16.3. The zero-order valence-electron chi connectivity index (χ0n) is 15.7. The number of aromatic nitrogens is 3. The molecule has 0 atom stereocenters. The summed E-state index contributed by atoms with van der Waals surface area (Å²) in [5.74, 6) is 0.558. The quantitative estimate of drug-likeness (QED) is 0.743. The van der Waals surface area contributed by atoms with Crippen molar-refractivity contribution in [3.63, 3.8) is 0 Å². The molecule has 1 saturated heterocycles. The smallest absolute Gasteiger partial charge is 0.254 e. The maximum atomic E-state index is 13.2. The average molecular weight is 376 g/mol. The number of nitrogens with zero attached hydrogens (tertiary/aromatic N) is 4. The third-order valence-electron chi connectivity index (χ3n) is 5.34. The summed E-state index contributed by atoms with van der Waals surface area (Å²) in [7, 11) is 0. The van der Waals surface area contributed by atoms with E-state index in [1.54, 1.807) is 10.9 Å². The Bertz CT molecular complexity index is 930. The number of hydrogen-bond donors (Lipinski definition) is 1. The fourth-order valence-electron chi connectivity index (χ4n) is 3.79. The lowest BCUT2D eigenvalue weighted by Crippen LogP contribution is -2.39. The maximum Gasteiger partial charge on any atom is 0.254 e. The second-order valence-corrected chi connectivity index (χ2v) is 7.24. The summed E-state index contributed by atoms with van der Waals surface area (Å²) in [5, 5.41) is 17.1. The number of carbonyl (C=O) groups is 1. The molecule has 2 aromatic carbocycles. The summed E-state index contributed by atoms with van der Waals surface area (Å²) in [6, 6.07) is 17.9. The molecule has 0 aliphatic carbocycles.